The monoisotopic (exact) mass is 464 g/mol. The summed E-state index contributed by atoms with van der Waals surface area (Å²) >= 11 is 0. The standard InChI is InChI=1S/C26H46O3S.Mg.2H/c1-2-3-4-5-6-7-8-9-10-11-12-13-14-15-16-17-18-22-25-29-30(27,28)26-23-20-19-21-24-26;;;/h19-21,23-24H,2-18,22,25H2,1H3;;;/q;+2;2*-1. The Morgan fingerprint density at radius 1 is 0.613 bits per heavy atom. The Bertz CT molecular complexity index is 601. The van der Waals surface area contributed by atoms with E-state index >= 15 is 0 Å². The van der Waals surface area contributed by atoms with Crippen molar-refractivity contribution >= 4 is 33.2 Å². The molecular weight excluding hydrogens is 417 g/mol. The second-order valence-corrected chi connectivity index (χ2v) is 10.2. The maximum atomic E-state index is 12.0. The van der Waals surface area contributed by atoms with E-state index in [1.54, 1.807) is 30.3 Å². The molecule has 0 atom stereocenters. The first-order valence-corrected chi connectivity index (χ1v) is 14.0. The van der Waals surface area contributed by atoms with Crippen LogP contribution in [0.3, 0.4) is 0 Å². The first kappa shape index (κ1) is 30.9. The molecule has 0 fully saturated rings. The average molecular weight is 465 g/mol. The van der Waals surface area contributed by atoms with Crippen LogP contribution in [-0.2, 0) is 14.3 Å². The summed E-state index contributed by atoms with van der Waals surface area (Å²) in [5, 5.41) is 0. The van der Waals surface area contributed by atoms with Crippen molar-refractivity contribution in [3.8, 4) is 0 Å². The van der Waals surface area contributed by atoms with Crippen molar-refractivity contribution in [1.29, 1.82) is 0 Å². The van der Waals surface area contributed by atoms with Gasteiger partial charge < -0.3 is 2.85 Å². The first-order chi connectivity index (χ1) is 14.7. The molecule has 0 unspecified atom stereocenters. The zero-order valence-electron chi connectivity index (χ0n) is 22.2. The van der Waals surface area contributed by atoms with E-state index in [9.17, 15) is 8.42 Å². The van der Waals surface area contributed by atoms with Crippen molar-refractivity contribution in [2.45, 2.75) is 127 Å². The van der Waals surface area contributed by atoms with E-state index in [0.717, 1.165) is 12.8 Å². The maximum Gasteiger partial charge on any atom is 2.00 e. The zero-order valence-corrected chi connectivity index (χ0v) is 22.4. The van der Waals surface area contributed by atoms with E-state index in [1.807, 2.05) is 0 Å². The fourth-order valence-corrected chi connectivity index (χ4v) is 4.79. The maximum absolute atomic E-state index is 12.0. The Kier molecular flexibility index (Phi) is 21.7. The van der Waals surface area contributed by atoms with Gasteiger partial charge in [0.2, 0.25) is 0 Å². The predicted octanol–water partition coefficient (Wildman–Crippen LogP) is 8.28. The van der Waals surface area contributed by atoms with Crippen LogP contribution in [0.25, 0.3) is 0 Å². The molecule has 0 amide bonds. The molecular formula is C26H48MgO3S. The summed E-state index contributed by atoms with van der Waals surface area (Å²) in [6.45, 7) is 2.57. The Morgan fingerprint density at radius 3 is 1.35 bits per heavy atom. The average Bonchev–Trinajstić information content (AvgIpc) is 2.76. The van der Waals surface area contributed by atoms with Gasteiger partial charge in [0.1, 0.15) is 0 Å². The summed E-state index contributed by atoms with van der Waals surface area (Å²) in [6.07, 6.45) is 23.9. The van der Waals surface area contributed by atoms with Gasteiger partial charge in [-0.1, -0.05) is 134 Å². The molecule has 5 heteroatoms. The van der Waals surface area contributed by atoms with E-state index < -0.39 is 10.1 Å². The van der Waals surface area contributed by atoms with Gasteiger partial charge in [-0.05, 0) is 18.6 Å². The summed E-state index contributed by atoms with van der Waals surface area (Å²) in [5.74, 6) is 0. The molecule has 1 aromatic carbocycles. The number of rotatable bonds is 21. The van der Waals surface area contributed by atoms with Crippen LogP contribution in [0.1, 0.15) is 125 Å². The quantitative estimate of drug-likeness (QED) is 0.104. The summed E-state index contributed by atoms with van der Waals surface area (Å²) in [7, 11) is -3.58. The molecule has 0 aliphatic heterocycles. The Labute approximate surface area is 212 Å². The molecule has 1 aromatic rings. The predicted molar refractivity (Wildman–Crippen MR) is 136 cm³/mol. The molecule has 0 aliphatic carbocycles. The topological polar surface area (TPSA) is 43.4 Å². The van der Waals surface area contributed by atoms with Crippen molar-refractivity contribution in [3.05, 3.63) is 30.3 Å². The second-order valence-electron chi connectivity index (χ2n) is 8.60. The number of hydrogen-bond donors (Lipinski definition) is 0. The Morgan fingerprint density at radius 2 is 0.968 bits per heavy atom. The van der Waals surface area contributed by atoms with Crippen molar-refractivity contribution in [1.82, 2.24) is 0 Å². The van der Waals surface area contributed by atoms with E-state index in [0.29, 0.717) is 0 Å². The Hall–Kier alpha value is -0.104. The molecule has 0 spiro atoms. The minimum absolute atomic E-state index is 0. The molecule has 3 nitrogen and oxygen atoms in total. The van der Waals surface area contributed by atoms with Crippen LogP contribution in [0, 0.1) is 0 Å². The summed E-state index contributed by atoms with van der Waals surface area (Å²) in [5.41, 5.74) is 0. The molecule has 0 saturated heterocycles. The van der Waals surface area contributed by atoms with E-state index in [1.165, 1.54) is 103 Å². The van der Waals surface area contributed by atoms with E-state index in [2.05, 4.69) is 6.92 Å². The van der Waals surface area contributed by atoms with Crippen molar-refractivity contribution in [2.24, 2.45) is 0 Å². The molecule has 178 valence electrons. The smallest absolute Gasteiger partial charge is 1.00 e. The van der Waals surface area contributed by atoms with Gasteiger partial charge in [0.25, 0.3) is 10.1 Å². The van der Waals surface area contributed by atoms with Gasteiger partial charge in [-0.25, -0.2) is 0 Å². The normalized spacial score (nSPS) is 11.4. The van der Waals surface area contributed by atoms with Gasteiger partial charge in [-0.2, -0.15) is 8.42 Å². The molecule has 0 heterocycles. The molecule has 0 N–H and O–H groups in total. The van der Waals surface area contributed by atoms with Crippen molar-refractivity contribution in [3.63, 3.8) is 0 Å². The third-order valence-electron chi connectivity index (χ3n) is 5.77. The Balaban J connectivity index is -0.00000300. The third-order valence-corrected chi connectivity index (χ3v) is 7.09. The fraction of sp³-hybridized carbons (Fsp3) is 0.769. The number of benzene rings is 1. The molecule has 0 radical (unpaired) electrons. The minimum atomic E-state index is -3.58. The van der Waals surface area contributed by atoms with Gasteiger partial charge in [0.15, 0.2) is 0 Å². The van der Waals surface area contributed by atoms with Gasteiger partial charge in [-0.15, -0.1) is 0 Å². The van der Waals surface area contributed by atoms with Crippen LogP contribution < -0.4 is 0 Å². The number of unbranched alkanes of at least 4 members (excludes halogenated alkanes) is 17. The van der Waals surface area contributed by atoms with Gasteiger partial charge in [0, 0.05) is 0 Å². The molecule has 0 bridgehead atoms. The van der Waals surface area contributed by atoms with Crippen molar-refractivity contribution < 1.29 is 15.5 Å². The first-order valence-electron chi connectivity index (χ1n) is 12.6. The second kappa shape index (κ2) is 21.7. The molecule has 1 rings (SSSR count). The largest absolute Gasteiger partial charge is 2.00 e. The van der Waals surface area contributed by atoms with Gasteiger partial charge >= 0.3 is 23.1 Å². The van der Waals surface area contributed by atoms with Crippen LogP contribution in [0.15, 0.2) is 35.2 Å². The number of hydrogen-bond acceptors (Lipinski definition) is 3. The molecule has 0 saturated carbocycles. The van der Waals surface area contributed by atoms with Crippen LogP contribution in [0.2, 0.25) is 0 Å². The SMILES string of the molecule is CCCCCCCCCCCCCCCCCCCCOS(=O)(=O)c1ccccc1.[H-].[H-].[Mg+2]. The molecule has 0 aliphatic rings. The van der Waals surface area contributed by atoms with Gasteiger partial charge in [-0.3, -0.25) is 4.18 Å². The van der Waals surface area contributed by atoms with Gasteiger partial charge in [0.05, 0.1) is 11.5 Å². The molecule has 0 aromatic heterocycles. The summed E-state index contributed by atoms with van der Waals surface area (Å²) in [4.78, 5) is 0.243. The van der Waals surface area contributed by atoms with E-state index in [4.69, 9.17) is 4.18 Å². The van der Waals surface area contributed by atoms with Crippen LogP contribution in [0.4, 0.5) is 0 Å². The van der Waals surface area contributed by atoms with Crippen LogP contribution in [-0.4, -0.2) is 38.1 Å². The van der Waals surface area contributed by atoms with Crippen LogP contribution in [0.5, 0.6) is 0 Å². The zero-order chi connectivity index (χ0) is 21.8. The van der Waals surface area contributed by atoms with Crippen molar-refractivity contribution in [2.75, 3.05) is 6.61 Å². The fourth-order valence-electron chi connectivity index (χ4n) is 3.83. The summed E-state index contributed by atoms with van der Waals surface area (Å²) in [6, 6.07) is 8.38. The van der Waals surface area contributed by atoms with E-state index in [-0.39, 0.29) is 37.4 Å². The third kappa shape index (κ3) is 18.1. The van der Waals surface area contributed by atoms with Crippen LogP contribution >= 0.6 is 0 Å². The summed E-state index contributed by atoms with van der Waals surface area (Å²) < 4.78 is 29.1. The molecule has 31 heavy (non-hydrogen) atoms. The minimum Gasteiger partial charge on any atom is -1.00 e.